The minimum Gasteiger partial charge on any atom is -0.310 e. The molecule has 0 unspecified atom stereocenters. The summed E-state index contributed by atoms with van der Waals surface area (Å²) in [7, 11) is 0. The Labute approximate surface area is 445 Å². The molecule has 0 N–H and O–H groups in total. The third kappa shape index (κ3) is 6.63. The lowest BCUT2D eigenvalue weighted by molar-refractivity contribution is 1.15. The predicted octanol–water partition coefficient (Wildman–Crippen LogP) is 14.1. The second kappa shape index (κ2) is 16.8. The van der Waals surface area contributed by atoms with Crippen LogP contribution < -0.4 is 32.8 Å². The van der Waals surface area contributed by atoms with E-state index in [1.54, 1.807) is 0 Å². The number of hydrogen-bond donors (Lipinski definition) is 0. The van der Waals surface area contributed by atoms with Crippen LogP contribution in [0.15, 0.2) is 218 Å². The second-order valence-electron chi connectivity index (χ2n) is 22.0. The van der Waals surface area contributed by atoms with Gasteiger partial charge in [-0.2, -0.15) is 0 Å². The molecule has 0 aliphatic carbocycles. The highest BCUT2D eigenvalue weighted by Gasteiger charge is 2.42. The van der Waals surface area contributed by atoms with Crippen LogP contribution in [-0.4, -0.2) is 22.6 Å². The average molecular weight is 969 g/mol. The number of benzene rings is 11. The van der Waals surface area contributed by atoms with Crippen molar-refractivity contribution >= 4 is 89.8 Å². The zero-order chi connectivity index (χ0) is 51.1. The van der Waals surface area contributed by atoms with Crippen LogP contribution in [0.25, 0.3) is 99.5 Å². The van der Waals surface area contributed by atoms with Gasteiger partial charge in [-0.05, 0) is 138 Å². The molecule has 358 valence electrons. The molecular formula is C72H54B2N2. The van der Waals surface area contributed by atoms with Gasteiger partial charge in [-0.15, -0.1) is 0 Å². The van der Waals surface area contributed by atoms with Crippen molar-refractivity contribution in [3.63, 3.8) is 0 Å². The standard InChI is InChI=1S/C72H54B2N2/c1-43-31-45(3)69(46(4)32-43)73-61-41-62-68(42-67(61)75-65-39-53(49-19-11-7-12-20-49)27-29-57(65)59-35-55(37-63(73)71(59)75)51-23-15-9-16-24-51)76-66-40-54(50-21-13-8-14-22-50)28-30-58(66)60-36-56(52-25-17-10-18-26-52)38-64(72(60)76)74(62)70-47(5)33-44(2)34-48(70)6/h7-42H,1-6H3. The van der Waals surface area contributed by atoms with Crippen molar-refractivity contribution in [2.24, 2.45) is 0 Å². The zero-order valence-electron chi connectivity index (χ0n) is 43.8. The maximum absolute atomic E-state index is 2.69. The Bertz CT molecular complexity index is 4230. The molecule has 0 bridgehead atoms. The van der Waals surface area contributed by atoms with Crippen molar-refractivity contribution in [3.05, 3.63) is 252 Å². The fourth-order valence-electron chi connectivity index (χ4n) is 14.2. The monoisotopic (exact) mass is 968 g/mol. The first kappa shape index (κ1) is 44.6. The van der Waals surface area contributed by atoms with Crippen LogP contribution >= 0.6 is 0 Å². The first-order valence-electron chi connectivity index (χ1n) is 27.0. The molecule has 2 aromatic heterocycles. The largest absolute Gasteiger partial charge is 0.310 e. The Balaban J connectivity index is 1.14. The molecule has 0 atom stereocenters. The van der Waals surface area contributed by atoms with Gasteiger partial charge in [0.2, 0.25) is 13.4 Å². The molecular weight excluding hydrogens is 914 g/mol. The fraction of sp³-hybridized carbons (Fsp3) is 0.0833. The summed E-state index contributed by atoms with van der Waals surface area (Å²) in [5, 5.41) is 5.09. The van der Waals surface area contributed by atoms with Gasteiger partial charge in [0.25, 0.3) is 0 Å². The third-order valence-corrected chi connectivity index (χ3v) is 17.2. The van der Waals surface area contributed by atoms with Crippen molar-refractivity contribution in [2.75, 3.05) is 0 Å². The Morgan fingerprint density at radius 3 is 0.961 bits per heavy atom. The van der Waals surface area contributed by atoms with Crippen molar-refractivity contribution in [3.8, 4) is 55.9 Å². The van der Waals surface area contributed by atoms with Gasteiger partial charge in [0.15, 0.2) is 0 Å². The summed E-state index contributed by atoms with van der Waals surface area (Å²) in [6, 6.07) is 83.2. The number of nitrogens with zero attached hydrogens (tertiary/aromatic N) is 2. The molecule has 11 aromatic carbocycles. The molecule has 2 aliphatic rings. The molecule has 4 heteroatoms. The average Bonchev–Trinajstić information content (AvgIpc) is 4.15. The first-order chi connectivity index (χ1) is 37.2. The maximum Gasteiger partial charge on any atom is 0.247 e. The van der Waals surface area contributed by atoms with Gasteiger partial charge in [-0.3, -0.25) is 0 Å². The molecule has 0 saturated carbocycles. The van der Waals surface area contributed by atoms with E-state index >= 15 is 0 Å². The summed E-state index contributed by atoms with van der Waals surface area (Å²) >= 11 is 0. The van der Waals surface area contributed by atoms with E-state index in [2.05, 4.69) is 269 Å². The summed E-state index contributed by atoms with van der Waals surface area (Å²) in [6.45, 7) is 13.8. The van der Waals surface area contributed by atoms with E-state index in [1.165, 1.54) is 166 Å². The molecule has 15 rings (SSSR count). The van der Waals surface area contributed by atoms with Gasteiger partial charge in [-0.1, -0.05) is 232 Å². The number of fused-ring (bicyclic) bond motifs is 10. The van der Waals surface area contributed by atoms with Gasteiger partial charge in [0.05, 0.1) is 11.0 Å². The van der Waals surface area contributed by atoms with E-state index in [1.807, 2.05) is 0 Å². The molecule has 13 aromatic rings. The summed E-state index contributed by atoms with van der Waals surface area (Å²) in [5.41, 5.74) is 33.3. The summed E-state index contributed by atoms with van der Waals surface area (Å²) in [4.78, 5) is 0. The number of aryl methyl sites for hydroxylation is 6. The number of aromatic nitrogens is 2. The van der Waals surface area contributed by atoms with E-state index < -0.39 is 0 Å². The quantitative estimate of drug-likeness (QED) is 0.147. The highest BCUT2D eigenvalue weighted by molar-refractivity contribution is 7.01. The minimum absolute atomic E-state index is 0.0542. The maximum atomic E-state index is 2.69. The molecule has 0 saturated heterocycles. The van der Waals surface area contributed by atoms with Crippen molar-refractivity contribution < 1.29 is 0 Å². The molecule has 76 heavy (non-hydrogen) atoms. The summed E-state index contributed by atoms with van der Waals surface area (Å²) in [6.07, 6.45) is 0. The van der Waals surface area contributed by atoms with Crippen molar-refractivity contribution in [2.45, 2.75) is 41.5 Å². The number of rotatable bonds is 6. The van der Waals surface area contributed by atoms with Gasteiger partial charge < -0.3 is 9.13 Å². The van der Waals surface area contributed by atoms with Gasteiger partial charge >= 0.3 is 0 Å². The predicted molar refractivity (Wildman–Crippen MR) is 327 cm³/mol. The second-order valence-corrected chi connectivity index (χ2v) is 22.0. The van der Waals surface area contributed by atoms with E-state index in [4.69, 9.17) is 0 Å². The third-order valence-electron chi connectivity index (χ3n) is 17.2. The van der Waals surface area contributed by atoms with Gasteiger partial charge in [0, 0.05) is 44.0 Å². The summed E-state index contributed by atoms with van der Waals surface area (Å²) in [5.74, 6) is 0. The van der Waals surface area contributed by atoms with Crippen molar-refractivity contribution in [1.82, 2.24) is 9.13 Å². The molecule has 0 fully saturated rings. The van der Waals surface area contributed by atoms with E-state index in [9.17, 15) is 0 Å². The van der Waals surface area contributed by atoms with Gasteiger partial charge in [0.1, 0.15) is 0 Å². The van der Waals surface area contributed by atoms with Crippen LogP contribution in [0.3, 0.4) is 0 Å². The van der Waals surface area contributed by atoms with Crippen molar-refractivity contribution in [1.29, 1.82) is 0 Å². The highest BCUT2D eigenvalue weighted by atomic mass is 15.0. The lowest BCUT2D eigenvalue weighted by Crippen LogP contribution is -2.62. The fourth-order valence-corrected chi connectivity index (χ4v) is 14.2. The number of hydrogen-bond acceptors (Lipinski definition) is 0. The molecule has 2 nitrogen and oxygen atoms in total. The molecule has 0 amide bonds. The molecule has 4 heterocycles. The van der Waals surface area contributed by atoms with Crippen LogP contribution in [0.4, 0.5) is 0 Å². The topological polar surface area (TPSA) is 9.86 Å². The normalized spacial score (nSPS) is 12.6. The van der Waals surface area contributed by atoms with Crippen LogP contribution in [0.1, 0.15) is 33.4 Å². The smallest absolute Gasteiger partial charge is 0.247 e. The van der Waals surface area contributed by atoms with Crippen LogP contribution in [0.5, 0.6) is 0 Å². The van der Waals surface area contributed by atoms with Crippen LogP contribution in [0, 0.1) is 41.5 Å². The van der Waals surface area contributed by atoms with Crippen LogP contribution in [-0.2, 0) is 0 Å². The van der Waals surface area contributed by atoms with Crippen LogP contribution in [0.2, 0.25) is 0 Å². The lowest BCUT2D eigenvalue weighted by atomic mass is 9.31. The molecule has 0 radical (unpaired) electrons. The lowest BCUT2D eigenvalue weighted by Gasteiger charge is -2.34. The van der Waals surface area contributed by atoms with Gasteiger partial charge in [-0.25, -0.2) is 0 Å². The summed E-state index contributed by atoms with van der Waals surface area (Å²) < 4.78 is 5.33. The molecule has 2 aliphatic heterocycles. The Morgan fingerprint density at radius 2 is 0.605 bits per heavy atom. The van der Waals surface area contributed by atoms with E-state index in [0.29, 0.717) is 0 Å². The Kier molecular flexibility index (Phi) is 9.88. The minimum atomic E-state index is -0.0542. The Hall–Kier alpha value is -8.85. The highest BCUT2D eigenvalue weighted by Crippen LogP contribution is 2.42. The zero-order valence-corrected chi connectivity index (χ0v) is 43.8. The van der Waals surface area contributed by atoms with E-state index in [-0.39, 0.29) is 13.4 Å². The Morgan fingerprint density at radius 1 is 0.263 bits per heavy atom. The first-order valence-corrected chi connectivity index (χ1v) is 27.0. The SMILES string of the molecule is Cc1cc(C)c(B2c3cc4c(cc3-n3c5cc(-c6ccccc6)ccc5c5cc(-c6ccccc6)cc2c53)-n2c3cc(-c5ccccc5)ccc3c3cc(-c5ccccc5)cc(c32)B4c2c(C)cc(C)cc2C)c(C)c1. The molecule has 0 spiro atoms. The van der Waals surface area contributed by atoms with E-state index in [0.717, 1.165) is 0 Å².